The number of tetrazole rings is 1. The number of carbonyl (C=O) groups excluding carboxylic acids is 1. The number of hydrogen-bond acceptors (Lipinski definition) is 5. The lowest BCUT2D eigenvalue weighted by atomic mass is 10.2. The lowest BCUT2D eigenvalue weighted by Gasteiger charge is -2.12. The molecular weight excluding hydrogens is 354 g/mol. The van der Waals surface area contributed by atoms with Crippen LogP contribution in [0.1, 0.15) is 11.3 Å². The molecule has 0 unspecified atom stereocenters. The van der Waals surface area contributed by atoms with E-state index in [9.17, 15) is 4.79 Å². The summed E-state index contributed by atoms with van der Waals surface area (Å²) < 4.78 is 6.80. The summed E-state index contributed by atoms with van der Waals surface area (Å²) >= 11 is 0. The van der Waals surface area contributed by atoms with Gasteiger partial charge < -0.3 is 9.73 Å². The van der Waals surface area contributed by atoms with E-state index < -0.39 is 0 Å². The Balaban J connectivity index is 1.77. The second-order valence-electron chi connectivity index (χ2n) is 6.09. The number of nitrogens with one attached hydrogen (secondary N) is 1. The van der Waals surface area contributed by atoms with Crippen molar-refractivity contribution in [2.24, 2.45) is 0 Å². The first-order chi connectivity index (χ1) is 13.7. The Morgan fingerprint density at radius 1 is 1.04 bits per heavy atom. The van der Waals surface area contributed by atoms with Crippen LogP contribution in [0.3, 0.4) is 0 Å². The number of hydrogen-bond donors (Lipinski definition) is 1. The van der Waals surface area contributed by atoms with Crippen LogP contribution in [0.15, 0.2) is 77.4 Å². The van der Waals surface area contributed by atoms with Crippen molar-refractivity contribution in [1.82, 2.24) is 20.2 Å². The van der Waals surface area contributed by atoms with Gasteiger partial charge in [0.25, 0.3) is 5.91 Å². The number of aryl methyl sites for hydroxylation is 1. The molecule has 1 N–H and O–H groups in total. The first-order valence-electron chi connectivity index (χ1n) is 8.69. The number of rotatable bonds is 5. The SMILES string of the molecule is Cc1ccccc1NC(=O)/C(=C\c1ccco1)n1nnnc1-c1ccccc1. The van der Waals surface area contributed by atoms with E-state index in [1.807, 2.05) is 61.5 Å². The van der Waals surface area contributed by atoms with E-state index in [-0.39, 0.29) is 11.6 Å². The summed E-state index contributed by atoms with van der Waals surface area (Å²) in [5, 5.41) is 14.8. The maximum absolute atomic E-state index is 13.1. The zero-order valence-corrected chi connectivity index (χ0v) is 15.1. The Labute approximate surface area is 161 Å². The molecule has 0 bridgehead atoms. The van der Waals surface area contributed by atoms with E-state index in [0.29, 0.717) is 17.3 Å². The van der Waals surface area contributed by atoms with Gasteiger partial charge in [0.2, 0.25) is 0 Å². The van der Waals surface area contributed by atoms with Crippen molar-refractivity contribution in [3.8, 4) is 11.4 Å². The third-order valence-corrected chi connectivity index (χ3v) is 4.18. The van der Waals surface area contributed by atoms with Gasteiger partial charge in [-0.1, -0.05) is 48.5 Å². The predicted molar refractivity (Wildman–Crippen MR) is 106 cm³/mol. The molecule has 2 aromatic carbocycles. The number of amides is 1. The lowest BCUT2D eigenvalue weighted by Crippen LogP contribution is -2.19. The topological polar surface area (TPSA) is 85.8 Å². The molecular formula is C21H17N5O2. The molecule has 7 heteroatoms. The monoisotopic (exact) mass is 371 g/mol. The van der Waals surface area contributed by atoms with Gasteiger partial charge in [0, 0.05) is 17.3 Å². The third kappa shape index (κ3) is 3.59. The molecule has 0 atom stereocenters. The molecule has 0 aliphatic heterocycles. The van der Waals surface area contributed by atoms with E-state index in [1.165, 1.54) is 4.68 Å². The maximum Gasteiger partial charge on any atom is 0.274 e. The van der Waals surface area contributed by atoms with Gasteiger partial charge in [0.05, 0.1) is 6.26 Å². The molecule has 7 nitrogen and oxygen atoms in total. The summed E-state index contributed by atoms with van der Waals surface area (Å²) in [5.74, 6) is 0.623. The summed E-state index contributed by atoms with van der Waals surface area (Å²) in [6.45, 7) is 1.93. The average Bonchev–Trinajstić information content (AvgIpc) is 3.40. The fourth-order valence-corrected chi connectivity index (χ4v) is 2.75. The first kappa shape index (κ1) is 17.4. The highest BCUT2D eigenvalue weighted by Crippen LogP contribution is 2.22. The molecule has 0 aliphatic rings. The van der Waals surface area contributed by atoms with E-state index in [4.69, 9.17) is 4.42 Å². The van der Waals surface area contributed by atoms with Crippen LogP contribution in [0.2, 0.25) is 0 Å². The fourth-order valence-electron chi connectivity index (χ4n) is 2.75. The second-order valence-corrected chi connectivity index (χ2v) is 6.09. The van der Waals surface area contributed by atoms with Crippen LogP contribution in [-0.2, 0) is 4.79 Å². The molecule has 0 saturated heterocycles. The second kappa shape index (κ2) is 7.71. The number of carbonyl (C=O) groups is 1. The summed E-state index contributed by atoms with van der Waals surface area (Å²) in [5.41, 5.74) is 2.70. The van der Waals surface area contributed by atoms with Crippen LogP contribution in [-0.4, -0.2) is 26.1 Å². The van der Waals surface area contributed by atoms with Gasteiger partial charge in [-0.25, -0.2) is 0 Å². The van der Waals surface area contributed by atoms with Crippen molar-refractivity contribution in [3.05, 3.63) is 84.3 Å². The summed E-state index contributed by atoms with van der Waals surface area (Å²) in [7, 11) is 0. The highest BCUT2D eigenvalue weighted by atomic mass is 16.3. The van der Waals surface area contributed by atoms with Gasteiger partial charge in [0.15, 0.2) is 5.82 Å². The first-order valence-corrected chi connectivity index (χ1v) is 8.69. The maximum atomic E-state index is 13.1. The molecule has 0 fully saturated rings. The number of para-hydroxylation sites is 1. The van der Waals surface area contributed by atoms with Crippen LogP contribution < -0.4 is 5.32 Å². The van der Waals surface area contributed by atoms with Crippen molar-refractivity contribution < 1.29 is 9.21 Å². The highest BCUT2D eigenvalue weighted by Gasteiger charge is 2.20. The van der Waals surface area contributed by atoms with Gasteiger partial charge >= 0.3 is 0 Å². The largest absolute Gasteiger partial charge is 0.465 e. The molecule has 28 heavy (non-hydrogen) atoms. The van der Waals surface area contributed by atoms with Gasteiger partial charge in [-0.05, 0) is 41.1 Å². The van der Waals surface area contributed by atoms with Crippen LogP contribution in [0.5, 0.6) is 0 Å². The van der Waals surface area contributed by atoms with E-state index in [2.05, 4.69) is 20.8 Å². The number of aromatic nitrogens is 4. The smallest absolute Gasteiger partial charge is 0.274 e. The molecule has 0 radical (unpaired) electrons. The van der Waals surface area contributed by atoms with Crippen molar-refractivity contribution in [2.75, 3.05) is 5.32 Å². The minimum atomic E-state index is -0.352. The van der Waals surface area contributed by atoms with Gasteiger partial charge in [-0.2, -0.15) is 4.68 Å². The van der Waals surface area contributed by atoms with Crippen LogP contribution in [0.4, 0.5) is 5.69 Å². The Bertz CT molecular complexity index is 1110. The Hall–Kier alpha value is -4.00. The van der Waals surface area contributed by atoms with E-state index in [0.717, 1.165) is 11.1 Å². The van der Waals surface area contributed by atoms with Crippen molar-refractivity contribution in [3.63, 3.8) is 0 Å². The molecule has 0 saturated carbocycles. The van der Waals surface area contributed by atoms with Gasteiger partial charge in [-0.15, -0.1) is 5.10 Å². The van der Waals surface area contributed by atoms with Gasteiger partial charge in [-0.3, -0.25) is 4.79 Å². The minimum Gasteiger partial charge on any atom is -0.465 e. The third-order valence-electron chi connectivity index (χ3n) is 4.18. The zero-order valence-electron chi connectivity index (χ0n) is 15.1. The van der Waals surface area contributed by atoms with Crippen LogP contribution >= 0.6 is 0 Å². The minimum absolute atomic E-state index is 0.238. The number of benzene rings is 2. The predicted octanol–water partition coefficient (Wildman–Crippen LogP) is 3.88. The Morgan fingerprint density at radius 2 is 1.82 bits per heavy atom. The molecule has 2 aromatic heterocycles. The molecule has 0 aliphatic carbocycles. The highest BCUT2D eigenvalue weighted by molar-refractivity contribution is 6.24. The molecule has 4 aromatic rings. The molecule has 4 rings (SSSR count). The molecule has 138 valence electrons. The quantitative estimate of drug-likeness (QED) is 0.538. The van der Waals surface area contributed by atoms with Crippen LogP contribution in [0.25, 0.3) is 23.2 Å². The van der Waals surface area contributed by atoms with Gasteiger partial charge in [0.1, 0.15) is 11.5 Å². The van der Waals surface area contributed by atoms with Crippen LogP contribution in [0, 0.1) is 6.92 Å². The van der Waals surface area contributed by atoms with Crippen molar-refractivity contribution >= 4 is 23.4 Å². The standard InChI is InChI=1S/C21H17N5O2/c1-15-8-5-6-12-18(15)22-21(27)19(14-17-11-7-13-28-17)26-20(23-24-25-26)16-9-3-2-4-10-16/h2-14H,1H3,(H,22,27)/b19-14+. The van der Waals surface area contributed by atoms with Crippen molar-refractivity contribution in [2.45, 2.75) is 6.92 Å². The number of anilines is 1. The van der Waals surface area contributed by atoms with E-state index in [1.54, 1.807) is 24.5 Å². The zero-order chi connectivity index (χ0) is 19.3. The summed E-state index contributed by atoms with van der Waals surface area (Å²) in [6, 6.07) is 20.5. The lowest BCUT2D eigenvalue weighted by molar-refractivity contribution is -0.111. The Kier molecular flexibility index (Phi) is 4.79. The molecule has 0 spiro atoms. The van der Waals surface area contributed by atoms with Crippen molar-refractivity contribution in [1.29, 1.82) is 0 Å². The number of nitrogens with zero attached hydrogens (tertiary/aromatic N) is 4. The normalized spacial score (nSPS) is 11.4. The molecule has 2 heterocycles. The average molecular weight is 371 g/mol. The van der Waals surface area contributed by atoms with E-state index >= 15 is 0 Å². The molecule has 1 amide bonds. The summed E-state index contributed by atoms with van der Waals surface area (Å²) in [4.78, 5) is 13.1. The fraction of sp³-hybridized carbons (Fsp3) is 0.0476. The summed E-state index contributed by atoms with van der Waals surface area (Å²) in [6.07, 6.45) is 3.15. The Morgan fingerprint density at radius 3 is 2.57 bits per heavy atom. The number of furan rings is 1.